The molecule has 204 valence electrons. The van der Waals surface area contributed by atoms with Gasteiger partial charge in [-0.2, -0.15) is 0 Å². The van der Waals surface area contributed by atoms with Gasteiger partial charge in [-0.15, -0.1) is 0 Å². The quantitative estimate of drug-likeness (QED) is 0.331. The van der Waals surface area contributed by atoms with Crippen molar-refractivity contribution in [2.45, 2.75) is 65.5 Å². The van der Waals surface area contributed by atoms with E-state index in [4.69, 9.17) is 11.6 Å². The Morgan fingerprint density at radius 2 is 1.76 bits per heavy atom. The van der Waals surface area contributed by atoms with Crippen LogP contribution in [0.3, 0.4) is 0 Å². The molecule has 0 heterocycles. The van der Waals surface area contributed by atoms with E-state index in [0.717, 1.165) is 24.7 Å². The summed E-state index contributed by atoms with van der Waals surface area (Å²) in [6, 6.07) is 10.1. The van der Waals surface area contributed by atoms with Crippen molar-refractivity contribution in [3.05, 3.63) is 64.4 Å². The molecule has 0 spiro atoms. The number of unbranched alkanes of at least 4 members (excludes halogenated alkanes) is 1. The average Bonchev–Trinajstić information content (AvgIpc) is 2.84. The van der Waals surface area contributed by atoms with E-state index >= 15 is 0 Å². The van der Waals surface area contributed by atoms with Gasteiger partial charge in [-0.3, -0.25) is 13.9 Å². The average molecular weight is 554 g/mol. The van der Waals surface area contributed by atoms with Gasteiger partial charge < -0.3 is 10.2 Å². The molecule has 1 N–H and O–H groups in total. The van der Waals surface area contributed by atoms with Crippen LogP contribution in [-0.4, -0.2) is 50.5 Å². The number of hydrogen-bond donors (Lipinski definition) is 1. The number of nitrogens with one attached hydrogen (secondary N) is 1. The van der Waals surface area contributed by atoms with E-state index in [-0.39, 0.29) is 43.6 Å². The number of nitrogens with zero attached hydrogens (tertiary/aromatic N) is 2. The number of halogens is 2. The highest BCUT2D eigenvalue weighted by atomic mass is 35.5. The molecule has 37 heavy (non-hydrogen) atoms. The molecule has 0 saturated heterocycles. The van der Waals surface area contributed by atoms with E-state index < -0.39 is 16.1 Å². The molecule has 0 unspecified atom stereocenters. The molecule has 7 nitrogen and oxygen atoms in total. The van der Waals surface area contributed by atoms with Gasteiger partial charge in [0.15, 0.2) is 0 Å². The molecular weight excluding hydrogens is 517 g/mol. The molecule has 2 aromatic rings. The Hall–Kier alpha value is -2.65. The van der Waals surface area contributed by atoms with Gasteiger partial charge in [0.05, 0.1) is 11.9 Å². The number of aryl methyl sites for hydroxylation is 1. The van der Waals surface area contributed by atoms with Crippen molar-refractivity contribution in [1.82, 2.24) is 10.2 Å². The summed E-state index contributed by atoms with van der Waals surface area (Å²) >= 11 is 6.11. The Bertz CT molecular complexity index is 1160. The van der Waals surface area contributed by atoms with E-state index in [0.29, 0.717) is 29.2 Å². The van der Waals surface area contributed by atoms with Crippen LogP contribution in [0.2, 0.25) is 5.02 Å². The third-order valence-corrected chi connectivity index (χ3v) is 7.49. The predicted molar refractivity (Wildman–Crippen MR) is 147 cm³/mol. The minimum Gasteiger partial charge on any atom is -0.354 e. The number of amides is 2. The first-order chi connectivity index (χ1) is 17.5. The summed E-state index contributed by atoms with van der Waals surface area (Å²) in [4.78, 5) is 27.9. The maximum absolute atomic E-state index is 13.4. The minimum absolute atomic E-state index is 0.0333. The Morgan fingerprint density at radius 3 is 2.35 bits per heavy atom. The summed E-state index contributed by atoms with van der Waals surface area (Å²) in [7, 11) is -3.63. The van der Waals surface area contributed by atoms with E-state index in [1.807, 2.05) is 13.8 Å². The number of sulfonamides is 1. The second-order valence-corrected chi connectivity index (χ2v) is 11.4. The SMILES string of the molecule is CCCCNC(=O)[C@@H](CC)N(Cc1ccc(F)cc1)C(=O)CCCN(c1cc(Cl)ccc1C)S(C)(=O)=O. The van der Waals surface area contributed by atoms with Gasteiger partial charge in [0.2, 0.25) is 21.8 Å². The second-order valence-electron chi connectivity index (χ2n) is 9.09. The zero-order valence-corrected chi connectivity index (χ0v) is 23.5. The van der Waals surface area contributed by atoms with Gasteiger partial charge in [-0.1, -0.05) is 50.1 Å². The minimum atomic E-state index is -3.63. The van der Waals surface area contributed by atoms with Crippen LogP contribution in [0.5, 0.6) is 0 Å². The van der Waals surface area contributed by atoms with E-state index in [1.165, 1.54) is 21.3 Å². The molecule has 0 fully saturated rings. The maximum Gasteiger partial charge on any atom is 0.242 e. The van der Waals surface area contributed by atoms with Crippen LogP contribution in [-0.2, 0) is 26.2 Å². The molecule has 0 aliphatic rings. The van der Waals surface area contributed by atoms with Crippen LogP contribution in [0.4, 0.5) is 10.1 Å². The van der Waals surface area contributed by atoms with E-state index in [1.54, 1.807) is 37.3 Å². The highest BCUT2D eigenvalue weighted by Crippen LogP contribution is 2.27. The highest BCUT2D eigenvalue weighted by Gasteiger charge is 2.29. The Balaban J connectivity index is 2.22. The topological polar surface area (TPSA) is 86.8 Å². The monoisotopic (exact) mass is 553 g/mol. The summed E-state index contributed by atoms with van der Waals surface area (Å²) in [5, 5.41) is 3.31. The van der Waals surface area contributed by atoms with Crippen molar-refractivity contribution in [2.75, 3.05) is 23.7 Å². The number of carbonyl (C=O) groups is 2. The van der Waals surface area contributed by atoms with Crippen LogP contribution >= 0.6 is 11.6 Å². The third kappa shape index (κ3) is 9.31. The standard InChI is InChI=1S/C27H37ClFN3O4S/c1-5-7-16-30-27(34)24(6-2)31(19-21-11-14-23(29)15-12-21)26(33)9-8-17-32(37(4,35)36)25-18-22(28)13-10-20(25)3/h10-15,18,24H,5-9,16-17,19H2,1-4H3,(H,30,34)/t24-/m1/s1. The molecule has 0 saturated carbocycles. The second kappa shape index (κ2) is 14.3. The first-order valence-corrected chi connectivity index (χ1v) is 14.8. The molecule has 2 rings (SSSR count). The highest BCUT2D eigenvalue weighted by molar-refractivity contribution is 7.92. The molecule has 0 aliphatic carbocycles. The van der Waals surface area contributed by atoms with Crippen molar-refractivity contribution in [1.29, 1.82) is 0 Å². The van der Waals surface area contributed by atoms with Crippen molar-refractivity contribution in [3.63, 3.8) is 0 Å². The van der Waals surface area contributed by atoms with Gasteiger partial charge in [-0.25, -0.2) is 12.8 Å². The molecule has 1 atom stereocenters. The molecule has 0 aliphatic heterocycles. The largest absolute Gasteiger partial charge is 0.354 e. The molecule has 0 radical (unpaired) electrons. The predicted octanol–water partition coefficient (Wildman–Crippen LogP) is 5.06. The van der Waals surface area contributed by atoms with Crippen molar-refractivity contribution >= 4 is 39.1 Å². The number of benzene rings is 2. The fraction of sp³-hybridized carbons (Fsp3) is 0.481. The smallest absolute Gasteiger partial charge is 0.242 e. The lowest BCUT2D eigenvalue weighted by molar-refractivity contribution is -0.141. The van der Waals surface area contributed by atoms with Gasteiger partial charge in [0.1, 0.15) is 11.9 Å². The number of anilines is 1. The van der Waals surface area contributed by atoms with Crippen molar-refractivity contribution in [2.24, 2.45) is 0 Å². The van der Waals surface area contributed by atoms with Gasteiger partial charge in [0.25, 0.3) is 0 Å². The summed E-state index contributed by atoms with van der Waals surface area (Å²) in [6.45, 7) is 6.40. The van der Waals surface area contributed by atoms with Gasteiger partial charge >= 0.3 is 0 Å². The molecule has 2 amide bonds. The third-order valence-electron chi connectivity index (χ3n) is 6.07. The van der Waals surface area contributed by atoms with Crippen LogP contribution in [0.15, 0.2) is 42.5 Å². The van der Waals surface area contributed by atoms with Crippen molar-refractivity contribution in [3.8, 4) is 0 Å². The van der Waals surface area contributed by atoms with Crippen LogP contribution < -0.4 is 9.62 Å². The zero-order chi connectivity index (χ0) is 27.6. The number of hydrogen-bond acceptors (Lipinski definition) is 4. The zero-order valence-electron chi connectivity index (χ0n) is 22.0. The van der Waals surface area contributed by atoms with Gasteiger partial charge in [-0.05, 0) is 61.6 Å². The molecule has 2 aromatic carbocycles. The lowest BCUT2D eigenvalue weighted by Crippen LogP contribution is -2.49. The summed E-state index contributed by atoms with van der Waals surface area (Å²) in [6.07, 6.45) is 3.56. The fourth-order valence-corrected chi connectivity index (χ4v) is 5.23. The molecule has 0 bridgehead atoms. The summed E-state index contributed by atoms with van der Waals surface area (Å²) < 4.78 is 39.8. The van der Waals surface area contributed by atoms with E-state index in [2.05, 4.69) is 5.32 Å². The maximum atomic E-state index is 13.4. The summed E-state index contributed by atoms with van der Waals surface area (Å²) in [5.74, 6) is -0.903. The molecule has 10 heteroatoms. The Morgan fingerprint density at radius 1 is 1.08 bits per heavy atom. The van der Waals surface area contributed by atoms with Crippen molar-refractivity contribution < 1.29 is 22.4 Å². The van der Waals surface area contributed by atoms with Crippen LogP contribution in [0.25, 0.3) is 0 Å². The summed E-state index contributed by atoms with van der Waals surface area (Å²) in [5.41, 5.74) is 1.91. The van der Waals surface area contributed by atoms with Gasteiger partial charge in [0, 0.05) is 31.1 Å². The normalized spacial score (nSPS) is 12.2. The molecule has 0 aromatic heterocycles. The number of carbonyl (C=O) groups excluding carboxylic acids is 2. The first kappa shape index (κ1) is 30.6. The first-order valence-electron chi connectivity index (χ1n) is 12.5. The number of rotatable bonds is 14. The lowest BCUT2D eigenvalue weighted by atomic mass is 10.1. The van der Waals surface area contributed by atoms with Crippen LogP contribution in [0.1, 0.15) is 57.1 Å². The van der Waals surface area contributed by atoms with E-state index in [9.17, 15) is 22.4 Å². The Labute approximate surface area is 225 Å². The Kier molecular flexibility index (Phi) is 11.8. The fourth-order valence-electron chi connectivity index (χ4n) is 4.05. The van der Waals surface area contributed by atoms with Crippen LogP contribution in [0, 0.1) is 12.7 Å². The lowest BCUT2D eigenvalue weighted by Gasteiger charge is -2.31. The molecular formula is C27H37ClFN3O4S.